The number of benzene rings is 2. The smallest absolute Gasteiger partial charge is 0.342 e. The number of ether oxygens (including phenoxy) is 1. The molecule has 150 valence electrons. The lowest BCUT2D eigenvalue weighted by Gasteiger charge is -2.11. The average Bonchev–Trinajstić information content (AvgIpc) is 3.34. The number of anilines is 1. The van der Waals surface area contributed by atoms with Crippen LogP contribution >= 0.6 is 11.3 Å². The number of carbonyl (C=O) groups excluding carboxylic acids is 1. The second kappa shape index (κ2) is 7.53. The summed E-state index contributed by atoms with van der Waals surface area (Å²) < 4.78 is 39.7. The van der Waals surface area contributed by atoms with Crippen molar-refractivity contribution in [1.82, 2.24) is 0 Å². The second-order valence-electron chi connectivity index (χ2n) is 6.55. The molecular weight excluding hydrogens is 410 g/mol. The maximum absolute atomic E-state index is 12.8. The average molecular weight is 430 g/mol. The van der Waals surface area contributed by atoms with Gasteiger partial charge in [-0.2, -0.15) is 0 Å². The third-order valence-corrected chi connectivity index (χ3v) is 7.28. The highest BCUT2D eigenvalue weighted by atomic mass is 32.2. The van der Waals surface area contributed by atoms with E-state index in [1.54, 1.807) is 30.5 Å². The van der Waals surface area contributed by atoms with Gasteiger partial charge in [-0.3, -0.25) is 4.72 Å². The first-order chi connectivity index (χ1) is 13.9. The highest BCUT2D eigenvalue weighted by Crippen LogP contribution is 2.37. The van der Waals surface area contributed by atoms with E-state index in [2.05, 4.69) is 4.72 Å². The molecule has 6 nitrogen and oxygen atoms in total. The van der Waals surface area contributed by atoms with Gasteiger partial charge in [-0.15, -0.1) is 11.3 Å². The molecule has 0 fully saturated rings. The molecule has 0 bridgehead atoms. The Labute approximate surface area is 172 Å². The van der Waals surface area contributed by atoms with Crippen LogP contribution < -0.4 is 4.72 Å². The van der Waals surface area contributed by atoms with Crippen molar-refractivity contribution in [2.45, 2.75) is 24.5 Å². The summed E-state index contributed by atoms with van der Waals surface area (Å²) >= 11 is 1.14. The summed E-state index contributed by atoms with van der Waals surface area (Å²) in [6.45, 7) is 3.92. The first-order valence-electron chi connectivity index (χ1n) is 9.10. The summed E-state index contributed by atoms with van der Waals surface area (Å²) in [4.78, 5) is 12.6. The monoisotopic (exact) mass is 429 g/mol. The van der Waals surface area contributed by atoms with Crippen molar-refractivity contribution >= 4 is 54.8 Å². The van der Waals surface area contributed by atoms with Gasteiger partial charge >= 0.3 is 5.97 Å². The van der Waals surface area contributed by atoms with Crippen molar-refractivity contribution in [3.05, 3.63) is 59.2 Å². The predicted molar refractivity (Wildman–Crippen MR) is 114 cm³/mol. The van der Waals surface area contributed by atoms with Crippen molar-refractivity contribution < 1.29 is 22.4 Å². The van der Waals surface area contributed by atoms with Crippen molar-refractivity contribution in [3.63, 3.8) is 0 Å². The van der Waals surface area contributed by atoms with Crippen molar-refractivity contribution in [1.29, 1.82) is 0 Å². The largest absolute Gasteiger partial charge is 0.462 e. The molecule has 2 aromatic carbocycles. The van der Waals surface area contributed by atoms with Crippen LogP contribution in [-0.4, -0.2) is 21.0 Å². The molecule has 0 saturated carbocycles. The van der Waals surface area contributed by atoms with E-state index in [1.807, 2.05) is 31.2 Å². The maximum Gasteiger partial charge on any atom is 0.342 e. The van der Waals surface area contributed by atoms with E-state index in [9.17, 15) is 13.2 Å². The van der Waals surface area contributed by atoms with Crippen LogP contribution in [0, 0.1) is 6.92 Å². The van der Waals surface area contributed by atoms with E-state index in [0.29, 0.717) is 51.8 Å². The lowest BCUT2D eigenvalue weighted by atomic mass is 10.0. The van der Waals surface area contributed by atoms with Gasteiger partial charge in [-0.05, 0) is 30.9 Å². The van der Waals surface area contributed by atoms with Gasteiger partial charge in [0.15, 0.2) is 0 Å². The Balaban J connectivity index is 1.93. The number of sulfonamides is 1. The van der Waals surface area contributed by atoms with Crippen LogP contribution in [0.3, 0.4) is 0 Å². The van der Waals surface area contributed by atoms with Crippen LogP contribution in [0.2, 0.25) is 0 Å². The van der Waals surface area contributed by atoms with Crippen LogP contribution in [0.5, 0.6) is 0 Å². The van der Waals surface area contributed by atoms with E-state index in [4.69, 9.17) is 9.15 Å². The lowest BCUT2D eigenvalue weighted by molar-refractivity contribution is 0.0505. The van der Waals surface area contributed by atoms with Crippen LogP contribution in [0.15, 0.2) is 56.5 Å². The lowest BCUT2D eigenvalue weighted by Crippen LogP contribution is -2.12. The fourth-order valence-corrected chi connectivity index (χ4v) is 5.32. The number of rotatable bonds is 6. The molecule has 0 aliphatic heterocycles. The first-order valence-corrected chi connectivity index (χ1v) is 11.5. The molecule has 0 aliphatic rings. The van der Waals surface area contributed by atoms with Gasteiger partial charge in [0.1, 0.15) is 21.1 Å². The van der Waals surface area contributed by atoms with Gasteiger partial charge in [-0.1, -0.05) is 37.3 Å². The molecule has 0 spiro atoms. The molecule has 8 heteroatoms. The highest BCUT2D eigenvalue weighted by Gasteiger charge is 2.24. The molecule has 4 aromatic rings. The van der Waals surface area contributed by atoms with Crippen LogP contribution in [0.1, 0.15) is 29.5 Å². The molecule has 1 N–H and O–H groups in total. The molecule has 2 heterocycles. The summed E-state index contributed by atoms with van der Waals surface area (Å²) in [6.07, 6.45) is 0.704. The number of aryl methyl sites for hydroxylation is 1. The molecular formula is C21H19NO5S2. The van der Waals surface area contributed by atoms with Gasteiger partial charge in [-0.25, -0.2) is 13.2 Å². The minimum atomic E-state index is -3.75. The number of hydrogen-bond acceptors (Lipinski definition) is 6. The van der Waals surface area contributed by atoms with Crippen LogP contribution in [0.25, 0.3) is 21.7 Å². The number of thiophene rings is 1. The Morgan fingerprint density at radius 2 is 1.90 bits per heavy atom. The molecule has 2 aromatic heterocycles. The molecule has 0 aliphatic carbocycles. The van der Waals surface area contributed by atoms with Crippen LogP contribution in [0.4, 0.5) is 5.69 Å². The summed E-state index contributed by atoms with van der Waals surface area (Å²) in [5.41, 5.74) is 1.23. The van der Waals surface area contributed by atoms with Gasteiger partial charge in [0.05, 0.1) is 12.3 Å². The van der Waals surface area contributed by atoms with Crippen LogP contribution in [-0.2, 0) is 14.8 Å². The minimum Gasteiger partial charge on any atom is -0.462 e. The summed E-state index contributed by atoms with van der Waals surface area (Å²) in [6, 6.07) is 12.2. The van der Waals surface area contributed by atoms with Gasteiger partial charge in [0, 0.05) is 16.2 Å². The fraction of sp³-hybridized carbons (Fsp3) is 0.190. The minimum absolute atomic E-state index is 0.215. The number of fused-ring (bicyclic) bond motifs is 3. The first kappa shape index (κ1) is 19.5. The quantitative estimate of drug-likeness (QED) is 0.419. The van der Waals surface area contributed by atoms with Gasteiger partial charge in [0.2, 0.25) is 0 Å². The van der Waals surface area contributed by atoms with Crippen molar-refractivity contribution in [3.8, 4) is 0 Å². The van der Waals surface area contributed by atoms with Gasteiger partial charge < -0.3 is 9.15 Å². The zero-order chi connectivity index (χ0) is 20.6. The highest BCUT2D eigenvalue weighted by molar-refractivity contribution is 7.94. The van der Waals surface area contributed by atoms with Crippen molar-refractivity contribution in [2.75, 3.05) is 11.3 Å². The number of nitrogens with one attached hydrogen (secondary N) is 1. The molecule has 29 heavy (non-hydrogen) atoms. The molecule has 0 radical (unpaired) electrons. The van der Waals surface area contributed by atoms with E-state index in [1.165, 1.54) is 0 Å². The van der Waals surface area contributed by atoms with Crippen molar-refractivity contribution in [2.24, 2.45) is 0 Å². The summed E-state index contributed by atoms with van der Waals surface area (Å²) in [7, 11) is -3.75. The van der Waals surface area contributed by atoms with E-state index < -0.39 is 16.0 Å². The third-order valence-electron chi connectivity index (χ3n) is 4.52. The fourth-order valence-electron chi connectivity index (χ4n) is 3.25. The zero-order valence-corrected chi connectivity index (χ0v) is 17.5. The predicted octanol–water partition coefficient (Wildman–Crippen LogP) is 5.32. The van der Waals surface area contributed by atoms with E-state index in [-0.39, 0.29) is 4.21 Å². The number of carbonyl (C=O) groups is 1. The Morgan fingerprint density at radius 3 is 2.59 bits per heavy atom. The summed E-state index contributed by atoms with van der Waals surface area (Å²) in [5.74, 6) is -0.0463. The Bertz CT molecular complexity index is 1300. The molecule has 0 amide bonds. The zero-order valence-electron chi connectivity index (χ0n) is 15.9. The molecule has 4 rings (SSSR count). The number of furan rings is 1. The molecule has 0 unspecified atom stereocenters. The van der Waals surface area contributed by atoms with Gasteiger partial charge in [0.25, 0.3) is 10.0 Å². The Hall–Kier alpha value is -2.84. The van der Waals surface area contributed by atoms with E-state index in [0.717, 1.165) is 11.3 Å². The molecule has 0 saturated heterocycles. The third kappa shape index (κ3) is 3.49. The van der Waals surface area contributed by atoms with E-state index >= 15 is 0 Å². The Morgan fingerprint density at radius 1 is 1.14 bits per heavy atom. The SMILES string of the molecule is CCCOC(=O)c1c(C)oc2c1cc(NS(=O)(=O)c1cccs1)c1ccccc12. The maximum atomic E-state index is 12.8. The second-order valence-corrected chi connectivity index (χ2v) is 9.41. The number of esters is 1. The normalized spacial score (nSPS) is 11.8. The standard InChI is InChI=1S/C21H19NO5S2/c1-3-10-26-21(23)19-13(2)27-20-15-8-5-4-7-14(15)17(12-16(19)20)22-29(24,25)18-9-6-11-28-18/h4-9,11-12,22H,3,10H2,1-2H3. The Kier molecular flexibility index (Phi) is 5.06. The topological polar surface area (TPSA) is 85.6 Å². The number of hydrogen-bond donors (Lipinski definition) is 1. The molecule has 0 atom stereocenters. The summed E-state index contributed by atoms with van der Waals surface area (Å²) in [5, 5.41) is 3.62.